The zero-order chi connectivity index (χ0) is 13.4. The van der Waals surface area contributed by atoms with E-state index in [1.54, 1.807) is 18.2 Å². The van der Waals surface area contributed by atoms with Crippen LogP contribution in [0.1, 0.15) is 10.4 Å². The van der Waals surface area contributed by atoms with Crippen molar-refractivity contribution in [2.75, 3.05) is 26.3 Å². The molecule has 1 aromatic rings. The van der Waals surface area contributed by atoms with Gasteiger partial charge in [0.25, 0.3) is 5.91 Å². The molecular formula is C13H13NO5. The summed E-state index contributed by atoms with van der Waals surface area (Å²) >= 11 is 0. The molecule has 0 bridgehead atoms. The van der Waals surface area contributed by atoms with Gasteiger partial charge in [0.2, 0.25) is 0 Å². The van der Waals surface area contributed by atoms with Gasteiger partial charge in [0.1, 0.15) is 13.2 Å². The Morgan fingerprint density at radius 2 is 1.95 bits per heavy atom. The minimum absolute atomic E-state index is 0.208. The molecule has 1 amide bonds. The van der Waals surface area contributed by atoms with E-state index in [1.165, 1.54) is 4.90 Å². The summed E-state index contributed by atoms with van der Waals surface area (Å²) in [5, 5.41) is 8.81. The Labute approximate surface area is 109 Å². The van der Waals surface area contributed by atoms with Crippen LogP contribution in [-0.2, 0) is 4.79 Å². The molecule has 2 heterocycles. The van der Waals surface area contributed by atoms with E-state index in [9.17, 15) is 9.59 Å². The number of fused-ring (bicyclic) bond motifs is 1. The molecule has 6 nitrogen and oxygen atoms in total. The second-order valence-corrected chi connectivity index (χ2v) is 4.58. The van der Waals surface area contributed by atoms with Crippen molar-refractivity contribution in [3.8, 4) is 11.5 Å². The van der Waals surface area contributed by atoms with Crippen LogP contribution in [0.15, 0.2) is 18.2 Å². The van der Waals surface area contributed by atoms with Gasteiger partial charge in [0.05, 0.1) is 11.5 Å². The zero-order valence-electron chi connectivity index (χ0n) is 10.2. The maximum Gasteiger partial charge on any atom is 0.310 e. The highest BCUT2D eigenvalue weighted by Gasteiger charge is 2.37. The van der Waals surface area contributed by atoms with Gasteiger partial charge in [0, 0.05) is 13.1 Å². The molecular weight excluding hydrogens is 250 g/mol. The van der Waals surface area contributed by atoms with Crippen molar-refractivity contribution in [2.24, 2.45) is 5.92 Å². The summed E-state index contributed by atoms with van der Waals surface area (Å²) in [4.78, 5) is 24.5. The number of carbonyl (C=O) groups is 2. The minimum Gasteiger partial charge on any atom is -0.486 e. The number of amides is 1. The Morgan fingerprint density at radius 1 is 1.21 bits per heavy atom. The predicted octanol–water partition coefficient (Wildman–Crippen LogP) is 0.614. The van der Waals surface area contributed by atoms with E-state index >= 15 is 0 Å². The second-order valence-electron chi connectivity index (χ2n) is 4.58. The third kappa shape index (κ3) is 1.99. The molecule has 0 aromatic heterocycles. The van der Waals surface area contributed by atoms with Gasteiger partial charge >= 0.3 is 5.97 Å². The molecule has 6 heteroatoms. The van der Waals surface area contributed by atoms with Crippen LogP contribution < -0.4 is 9.47 Å². The van der Waals surface area contributed by atoms with Crippen molar-refractivity contribution in [3.05, 3.63) is 23.8 Å². The van der Waals surface area contributed by atoms with Crippen LogP contribution >= 0.6 is 0 Å². The molecule has 3 rings (SSSR count). The average Bonchev–Trinajstić information content (AvgIpc) is 2.35. The fourth-order valence-electron chi connectivity index (χ4n) is 2.21. The number of aliphatic carboxylic acids is 1. The number of para-hydroxylation sites is 1. The fraction of sp³-hybridized carbons (Fsp3) is 0.385. The predicted molar refractivity (Wildman–Crippen MR) is 64.5 cm³/mol. The van der Waals surface area contributed by atoms with Crippen molar-refractivity contribution in [3.63, 3.8) is 0 Å². The molecule has 1 saturated heterocycles. The van der Waals surface area contributed by atoms with E-state index < -0.39 is 11.9 Å². The third-order valence-corrected chi connectivity index (χ3v) is 3.31. The van der Waals surface area contributed by atoms with Crippen LogP contribution in [0, 0.1) is 5.92 Å². The summed E-state index contributed by atoms with van der Waals surface area (Å²) in [5.41, 5.74) is 0.432. The number of ether oxygens (including phenoxy) is 2. The van der Waals surface area contributed by atoms with Crippen molar-refractivity contribution in [1.29, 1.82) is 0 Å². The molecule has 2 aliphatic heterocycles. The summed E-state index contributed by atoms with van der Waals surface area (Å²) in [7, 11) is 0. The van der Waals surface area contributed by atoms with E-state index in [0.29, 0.717) is 30.3 Å². The third-order valence-electron chi connectivity index (χ3n) is 3.31. The maximum atomic E-state index is 12.3. The number of likely N-dealkylation sites (tertiary alicyclic amines) is 1. The lowest BCUT2D eigenvalue weighted by molar-refractivity contribution is -0.146. The normalized spacial score (nSPS) is 17.8. The van der Waals surface area contributed by atoms with Gasteiger partial charge in [-0.2, -0.15) is 0 Å². The van der Waals surface area contributed by atoms with Gasteiger partial charge in [-0.3, -0.25) is 9.59 Å². The SMILES string of the molecule is O=C(O)C1CN(C(=O)c2cccc3c2OCCO3)C1. The Balaban J connectivity index is 1.80. The molecule has 0 radical (unpaired) electrons. The molecule has 1 aromatic carbocycles. The van der Waals surface area contributed by atoms with Crippen LogP contribution in [0.25, 0.3) is 0 Å². The summed E-state index contributed by atoms with van der Waals surface area (Å²) < 4.78 is 10.9. The highest BCUT2D eigenvalue weighted by atomic mass is 16.6. The van der Waals surface area contributed by atoms with E-state index in [0.717, 1.165) is 0 Å². The Bertz CT molecular complexity index is 536. The summed E-state index contributed by atoms with van der Waals surface area (Å²) in [6.07, 6.45) is 0. The van der Waals surface area contributed by atoms with Crippen LogP contribution in [0.2, 0.25) is 0 Å². The number of hydrogen-bond donors (Lipinski definition) is 1. The minimum atomic E-state index is -0.862. The molecule has 0 saturated carbocycles. The number of carboxylic acids is 1. The van der Waals surface area contributed by atoms with E-state index in [4.69, 9.17) is 14.6 Å². The van der Waals surface area contributed by atoms with Gasteiger partial charge < -0.3 is 19.5 Å². The lowest BCUT2D eigenvalue weighted by atomic mass is 9.99. The number of nitrogens with zero attached hydrogens (tertiary/aromatic N) is 1. The first-order valence-electron chi connectivity index (χ1n) is 6.07. The lowest BCUT2D eigenvalue weighted by Gasteiger charge is -2.37. The van der Waals surface area contributed by atoms with Gasteiger partial charge in [-0.05, 0) is 12.1 Å². The van der Waals surface area contributed by atoms with Crippen molar-refractivity contribution < 1.29 is 24.2 Å². The number of hydrogen-bond acceptors (Lipinski definition) is 4. The summed E-state index contributed by atoms with van der Waals surface area (Å²) in [5.74, 6) is -0.510. The lowest BCUT2D eigenvalue weighted by Crippen LogP contribution is -2.53. The first-order valence-corrected chi connectivity index (χ1v) is 6.07. The van der Waals surface area contributed by atoms with Crippen molar-refractivity contribution in [1.82, 2.24) is 4.90 Å². The first-order chi connectivity index (χ1) is 9.16. The van der Waals surface area contributed by atoms with Gasteiger partial charge in [-0.25, -0.2) is 0 Å². The highest BCUT2D eigenvalue weighted by molar-refractivity contribution is 5.99. The average molecular weight is 263 g/mol. The Hall–Kier alpha value is -2.24. The van der Waals surface area contributed by atoms with Crippen LogP contribution in [0.5, 0.6) is 11.5 Å². The Kier molecular flexibility index (Phi) is 2.77. The summed E-state index contributed by atoms with van der Waals surface area (Å²) in [6.45, 7) is 1.38. The molecule has 0 spiro atoms. The standard InChI is InChI=1S/C13H13NO5/c15-12(14-6-8(7-14)13(16)17)9-2-1-3-10-11(9)19-5-4-18-10/h1-3,8H,4-7H2,(H,16,17). The number of benzene rings is 1. The molecule has 2 aliphatic rings. The topological polar surface area (TPSA) is 76.1 Å². The van der Waals surface area contributed by atoms with Gasteiger partial charge in [-0.15, -0.1) is 0 Å². The molecule has 1 fully saturated rings. The maximum absolute atomic E-state index is 12.3. The summed E-state index contributed by atoms with van der Waals surface area (Å²) in [6, 6.07) is 5.15. The molecule has 19 heavy (non-hydrogen) atoms. The zero-order valence-corrected chi connectivity index (χ0v) is 10.2. The molecule has 0 atom stereocenters. The molecule has 0 aliphatic carbocycles. The molecule has 1 N–H and O–H groups in total. The molecule has 0 unspecified atom stereocenters. The van der Waals surface area contributed by atoms with E-state index in [2.05, 4.69) is 0 Å². The van der Waals surface area contributed by atoms with Gasteiger partial charge in [-0.1, -0.05) is 6.07 Å². The van der Waals surface area contributed by atoms with Gasteiger partial charge in [0.15, 0.2) is 11.5 Å². The first kappa shape index (κ1) is 11.8. The number of carboxylic acid groups (broad SMARTS) is 1. The highest BCUT2D eigenvalue weighted by Crippen LogP contribution is 2.35. The second kappa shape index (κ2) is 4.46. The monoisotopic (exact) mass is 263 g/mol. The van der Waals surface area contributed by atoms with E-state index in [1.807, 2.05) is 0 Å². The van der Waals surface area contributed by atoms with E-state index in [-0.39, 0.29) is 19.0 Å². The quantitative estimate of drug-likeness (QED) is 0.846. The number of carbonyl (C=O) groups excluding carboxylic acids is 1. The molecule has 100 valence electrons. The fourth-order valence-corrected chi connectivity index (χ4v) is 2.21. The van der Waals surface area contributed by atoms with Crippen LogP contribution in [0.3, 0.4) is 0 Å². The Morgan fingerprint density at radius 3 is 2.68 bits per heavy atom. The van der Waals surface area contributed by atoms with Crippen LogP contribution in [0.4, 0.5) is 0 Å². The smallest absolute Gasteiger partial charge is 0.310 e. The van der Waals surface area contributed by atoms with Crippen LogP contribution in [-0.4, -0.2) is 48.2 Å². The van der Waals surface area contributed by atoms with Crippen molar-refractivity contribution in [2.45, 2.75) is 0 Å². The largest absolute Gasteiger partial charge is 0.486 e. The van der Waals surface area contributed by atoms with Crippen molar-refractivity contribution >= 4 is 11.9 Å². The number of rotatable bonds is 2.